The highest BCUT2D eigenvalue weighted by atomic mass is 19.1. The Morgan fingerprint density at radius 1 is 1.53 bits per heavy atom. The van der Waals surface area contributed by atoms with Crippen molar-refractivity contribution in [2.24, 2.45) is 5.41 Å². The van der Waals surface area contributed by atoms with Gasteiger partial charge in [0.1, 0.15) is 5.69 Å². The third kappa shape index (κ3) is 3.00. The molecule has 1 aliphatic rings. The lowest BCUT2D eigenvalue weighted by molar-refractivity contribution is 0.0934. The summed E-state index contributed by atoms with van der Waals surface area (Å²) < 4.78 is 12.8. The Labute approximate surface area is 98.9 Å². The number of halogens is 1. The lowest BCUT2D eigenvalue weighted by atomic mass is 10.0. The van der Waals surface area contributed by atoms with Crippen molar-refractivity contribution in [1.82, 2.24) is 10.3 Å². The monoisotopic (exact) mass is 238 g/mol. The summed E-state index contributed by atoms with van der Waals surface area (Å²) in [6.07, 6.45) is 2.73. The van der Waals surface area contributed by atoms with Crippen molar-refractivity contribution >= 4 is 5.91 Å². The molecule has 1 aliphatic carbocycles. The molecule has 5 heteroatoms. The van der Waals surface area contributed by atoms with Crippen LogP contribution < -0.4 is 5.32 Å². The molecule has 1 amide bonds. The van der Waals surface area contributed by atoms with Crippen molar-refractivity contribution in [2.75, 3.05) is 13.2 Å². The molecule has 1 aromatic heterocycles. The molecule has 2 rings (SSSR count). The van der Waals surface area contributed by atoms with Gasteiger partial charge in [-0.3, -0.25) is 4.79 Å². The van der Waals surface area contributed by atoms with E-state index in [9.17, 15) is 9.18 Å². The number of nitrogens with one attached hydrogen (secondary N) is 1. The molecule has 1 fully saturated rings. The van der Waals surface area contributed by atoms with E-state index < -0.39 is 5.95 Å². The zero-order chi connectivity index (χ0) is 12.3. The summed E-state index contributed by atoms with van der Waals surface area (Å²) >= 11 is 0. The predicted molar refractivity (Wildman–Crippen MR) is 59.9 cm³/mol. The minimum atomic E-state index is -0.658. The summed E-state index contributed by atoms with van der Waals surface area (Å²) in [5.74, 6) is -1.03. The van der Waals surface area contributed by atoms with E-state index in [-0.39, 0.29) is 23.6 Å². The number of hydrogen-bond acceptors (Lipinski definition) is 3. The number of aromatic nitrogens is 1. The van der Waals surface area contributed by atoms with Gasteiger partial charge in [0.2, 0.25) is 5.95 Å². The second kappa shape index (κ2) is 4.79. The van der Waals surface area contributed by atoms with Crippen LogP contribution in [0.1, 0.15) is 29.8 Å². The van der Waals surface area contributed by atoms with E-state index in [1.807, 2.05) is 0 Å². The van der Waals surface area contributed by atoms with Crippen LogP contribution in [0.2, 0.25) is 0 Å². The molecular weight excluding hydrogens is 223 g/mol. The maximum atomic E-state index is 12.8. The van der Waals surface area contributed by atoms with E-state index in [2.05, 4.69) is 10.3 Å². The maximum Gasteiger partial charge on any atom is 0.270 e. The molecule has 0 spiro atoms. The van der Waals surface area contributed by atoms with Crippen LogP contribution in [0.25, 0.3) is 0 Å². The molecule has 17 heavy (non-hydrogen) atoms. The number of rotatable bonds is 5. The van der Waals surface area contributed by atoms with Gasteiger partial charge in [0, 0.05) is 13.2 Å². The molecule has 0 atom stereocenters. The minimum absolute atomic E-state index is 0.0533. The zero-order valence-corrected chi connectivity index (χ0v) is 9.45. The van der Waals surface area contributed by atoms with Crippen LogP contribution in [0.5, 0.6) is 0 Å². The zero-order valence-electron chi connectivity index (χ0n) is 9.45. The van der Waals surface area contributed by atoms with E-state index in [4.69, 9.17) is 5.11 Å². The average molecular weight is 238 g/mol. The van der Waals surface area contributed by atoms with Crippen molar-refractivity contribution in [3.63, 3.8) is 0 Å². The van der Waals surface area contributed by atoms with Crippen molar-refractivity contribution in [2.45, 2.75) is 19.3 Å². The molecule has 2 N–H and O–H groups in total. The Bertz CT molecular complexity index is 419. The van der Waals surface area contributed by atoms with Crippen LogP contribution in [-0.4, -0.2) is 29.1 Å². The first-order chi connectivity index (χ1) is 8.15. The number of aliphatic hydroxyl groups excluding tert-OH is 1. The number of aliphatic hydroxyl groups is 1. The molecule has 0 radical (unpaired) electrons. The summed E-state index contributed by atoms with van der Waals surface area (Å²) in [6.45, 7) is 0.651. The Morgan fingerprint density at radius 3 is 2.88 bits per heavy atom. The second-order valence-electron chi connectivity index (χ2n) is 4.50. The van der Waals surface area contributed by atoms with E-state index in [0.29, 0.717) is 13.0 Å². The van der Waals surface area contributed by atoms with Crippen LogP contribution in [0.4, 0.5) is 4.39 Å². The van der Waals surface area contributed by atoms with Crippen LogP contribution in [0.3, 0.4) is 0 Å². The fraction of sp³-hybridized carbons (Fsp3) is 0.500. The number of pyridine rings is 1. The van der Waals surface area contributed by atoms with Gasteiger partial charge in [-0.05, 0) is 36.8 Å². The molecule has 1 saturated carbocycles. The normalized spacial score (nSPS) is 16.6. The standard InChI is InChI=1S/C12H15FN2O2/c13-10-3-1-2-9(15-10)11(17)14-8-12(4-5-12)6-7-16/h1-3,16H,4-8H2,(H,14,17). The molecule has 4 nitrogen and oxygen atoms in total. The molecule has 1 aromatic rings. The van der Waals surface area contributed by atoms with Crippen LogP contribution in [0, 0.1) is 11.4 Å². The first kappa shape index (κ1) is 12.0. The number of carbonyl (C=O) groups is 1. The van der Waals surface area contributed by atoms with Crippen LogP contribution >= 0.6 is 0 Å². The summed E-state index contributed by atoms with van der Waals surface area (Å²) in [5, 5.41) is 11.6. The van der Waals surface area contributed by atoms with Gasteiger partial charge in [-0.1, -0.05) is 6.07 Å². The first-order valence-corrected chi connectivity index (χ1v) is 5.67. The van der Waals surface area contributed by atoms with Crippen molar-refractivity contribution in [3.8, 4) is 0 Å². The smallest absolute Gasteiger partial charge is 0.270 e. The van der Waals surface area contributed by atoms with Gasteiger partial charge in [-0.25, -0.2) is 4.98 Å². The van der Waals surface area contributed by atoms with Gasteiger partial charge in [0.15, 0.2) is 0 Å². The average Bonchev–Trinajstić information content (AvgIpc) is 3.07. The Balaban J connectivity index is 1.90. The molecular formula is C12H15FN2O2. The van der Waals surface area contributed by atoms with Gasteiger partial charge in [-0.15, -0.1) is 0 Å². The van der Waals surface area contributed by atoms with E-state index >= 15 is 0 Å². The molecule has 0 bridgehead atoms. The Hall–Kier alpha value is -1.49. The fourth-order valence-corrected chi connectivity index (χ4v) is 1.82. The van der Waals surface area contributed by atoms with Crippen LogP contribution in [0.15, 0.2) is 18.2 Å². The largest absolute Gasteiger partial charge is 0.396 e. The summed E-state index contributed by atoms with van der Waals surface area (Å²) in [6, 6.07) is 4.13. The van der Waals surface area contributed by atoms with Crippen molar-refractivity contribution in [3.05, 3.63) is 29.8 Å². The summed E-state index contributed by atoms with van der Waals surface area (Å²) in [5.41, 5.74) is 0.141. The third-order valence-corrected chi connectivity index (χ3v) is 3.17. The number of carbonyl (C=O) groups excluding carboxylic acids is 1. The predicted octanol–water partition coefficient (Wildman–Crippen LogP) is 1.11. The highest BCUT2D eigenvalue weighted by Gasteiger charge is 2.41. The number of nitrogens with zero attached hydrogens (tertiary/aromatic N) is 1. The quantitative estimate of drug-likeness (QED) is 0.755. The fourth-order valence-electron chi connectivity index (χ4n) is 1.82. The highest BCUT2D eigenvalue weighted by Crippen LogP contribution is 2.47. The Morgan fingerprint density at radius 2 is 2.29 bits per heavy atom. The summed E-state index contributed by atoms with van der Waals surface area (Å²) in [4.78, 5) is 15.2. The molecule has 0 unspecified atom stereocenters. The van der Waals surface area contributed by atoms with Gasteiger partial charge in [-0.2, -0.15) is 4.39 Å². The molecule has 0 aliphatic heterocycles. The SMILES string of the molecule is O=C(NCC1(CCO)CC1)c1cccc(F)n1. The Kier molecular flexibility index (Phi) is 3.38. The lowest BCUT2D eigenvalue weighted by Crippen LogP contribution is -2.31. The van der Waals surface area contributed by atoms with Gasteiger partial charge < -0.3 is 10.4 Å². The van der Waals surface area contributed by atoms with E-state index in [0.717, 1.165) is 12.8 Å². The maximum absolute atomic E-state index is 12.8. The molecule has 0 saturated heterocycles. The van der Waals surface area contributed by atoms with Gasteiger partial charge in [0.25, 0.3) is 5.91 Å². The first-order valence-electron chi connectivity index (χ1n) is 5.67. The molecule has 1 heterocycles. The van der Waals surface area contributed by atoms with Crippen LogP contribution in [-0.2, 0) is 0 Å². The van der Waals surface area contributed by atoms with E-state index in [1.165, 1.54) is 18.2 Å². The molecule has 92 valence electrons. The van der Waals surface area contributed by atoms with Gasteiger partial charge in [0.05, 0.1) is 0 Å². The minimum Gasteiger partial charge on any atom is -0.396 e. The van der Waals surface area contributed by atoms with E-state index in [1.54, 1.807) is 0 Å². The lowest BCUT2D eigenvalue weighted by Gasteiger charge is -2.14. The third-order valence-electron chi connectivity index (χ3n) is 3.17. The number of hydrogen-bond donors (Lipinski definition) is 2. The van der Waals surface area contributed by atoms with Crippen molar-refractivity contribution < 1.29 is 14.3 Å². The van der Waals surface area contributed by atoms with Crippen molar-refractivity contribution in [1.29, 1.82) is 0 Å². The second-order valence-corrected chi connectivity index (χ2v) is 4.50. The van der Waals surface area contributed by atoms with Gasteiger partial charge >= 0.3 is 0 Å². The highest BCUT2D eigenvalue weighted by molar-refractivity contribution is 5.92. The number of amides is 1. The summed E-state index contributed by atoms with van der Waals surface area (Å²) in [7, 11) is 0. The topological polar surface area (TPSA) is 62.2 Å². The molecule has 0 aromatic carbocycles.